The summed E-state index contributed by atoms with van der Waals surface area (Å²) in [4.78, 5) is 15.0. The molecule has 9 nitrogen and oxygen atoms in total. The van der Waals surface area contributed by atoms with Crippen molar-refractivity contribution in [3.05, 3.63) is 59.5 Å². The Kier molecular flexibility index (Phi) is 7.01. The average Bonchev–Trinajstić information content (AvgIpc) is 2.84. The van der Waals surface area contributed by atoms with Crippen LogP contribution in [0.2, 0.25) is 0 Å². The monoisotopic (exact) mass is 460 g/mol. The normalized spacial score (nSPS) is 13.2. The van der Waals surface area contributed by atoms with E-state index in [1.54, 1.807) is 24.5 Å². The summed E-state index contributed by atoms with van der Waals surface area (Å²) in [7, 11) is 0. The van der Waals surface area contributed by atoms with Crippen molar-refractivity contribution in [2.24, 2.45) is 0 Å². The number of hydrogen-bond donors (Lipinski definition) is 2. The van der Waals surface area contributed by atoms with Crippen molar-refractivity contribution < 1.29 is 14.9 Å². The first kappa shape index (κ1) is 22.5. The molecule has 0 unspecified atom stereocenters. The minimum absolute atomic E-state index is 0.119. The van der Waals surface area contributed by atoms with Crippen LogP contribution in [-0.2, 0) is 5.75 Å². The van der Waals surface area contributed by atoms with Gasteiger partial charge in [-0.3, -0.25) is 9.97 Å². The number of aliphatic hydroxyl groups excluding tert-OH is 2. The molecule has 0 radical (unpaired) electrons. The maximum absolute atomic E-state index is 10.0. The fourth-order valence-corrected chi connectivity index (χ4v) is 4.31. The molecule has 4 rings (SSSR count). The van der Waals surface area contributed by atoms with Crippen LogP contribution >= 0.6 is 11.8 Å². The summed E-state index contributed by atoms with van der Waals surface area (Å²) >= 11 is 1.38. The molecule has 1 fully saturated rings. The van der Waals surface area contributed by atoms with E-state index in [2.05, 4.69) is 27.1 Å². The number of pyridine rings is 3. The Morgan fingerprint density at radius 1 is 1.15 bits per heavy atom. The number of rotatable bonds is 8. The fraction of sp³-hybridized carbons (Fsp3) is 0.261. The zero-order valence-corrected chi connectivity index (χ0v) is 18.4. The number of nitriles is 2. The van der Waals surface area contributed by atoms with Crippen molar-refractivity contribution >= 4 is 17.6 Å². The van der Waals surface area contributed by atoms with Crippen molar-refractivity contribution in [3.8, 4) is 29.1 Å². The molecule has 1 aliphatic rings. The second kappa shape index (κ2) is 10.3. The van der Waals surface area contributed by atoms with Crippen LogP contribution in [0.15, 0.2) is 47.9 Å². The molecule has 0 saturated carbocycles. The molecule has 0 atom stereocenters. The number of hydrogen-bond acceptors (Lipinski definition) is 10. The van der Waals surface area contributed by atoms with Gasteiger partial charge in [-0.1, -0.05) is 6.07 Å². The molecule has 10 heteroatoms. The zero-order chi connectivity index (χ0) is 23.2. The average molecular weight is 461 g/mol. The molecular weight excluding hydrogens is 440 g/mol. The van der Waals surface area contributed by atoms with Crippen molar-refractivity contribution in [2.75, 3.05) is 31.2 Å². The number of aliphatic hydroxyl groups is 2. The van der Waals surface area contributed by atoms with Crippen molar-refractivity contribution in [2.45, 2.75) is 16.9 Å². The molecule has 33 heavy (non-hydrogen) atoms. The molecule has 3 aromatic heterocycles. The predicted molar refractivity (Wildman–Crippen MR) is 121 cm³/mol. The largest absolute Gasteiger partial charge is 0.490 e. The highest BCUT2D eigenvalue weighted by atomic mass is 32.2. The van der Waals surface area contributed by atoms with Crippen molar-refractivity contribution in [1.82, 2.24) is 15.0 Å². The van der Waals surface area contributed by atoms with Gasteiger partial charge in [-0.05, 0) is 23.8 Å². The van der Waals surface area contributed by atoms with Gasteiger partial charge in [0.25, 0.3) is 0 Å². The fourth-order valence-electron chi connectivity index (χ4n) is 3.39. The lowest BCUT2D eigenvalue weighted by Gasteiger charge is -2.37. The van der Waals surface area contributed by atoms with E-state index in [1.807, 2.05) is 17.0 Å². The van der Waals surface area contributed by atoms with Gasteiger partial charge < -0.3 is 19.8 Å². The van der Waals surface area contributed by atoms with Gasteiger partial charge >= 0.3 is 0 Å². The second-order valence-electron chi connectivity index (χ2n) is 7.25. The predicted octanol–water partition coefficient (Wildman–Crippen LogP) is 2.13. The zero-order valence-electron chi connectivity index (χ0n) is 17.5. The van der Waals surface area contributed by atoms with E-state index in [-0.39, 0.29) is 24.3 Å². The van der Waals surface area contributed by atoms with Gasteiger partial charge in [-0.2, -0.15) is 10.5 Å². The third-order valence-corrected chi connectivity index (χ3v) is 6.03. The lowest BCUT2D eigenvalue weighted by Crippen LogP contribution is -2.51. The summed E-state index contributed by atoms with van der Waals surface area (Å²) in [5.41, 5.74) is 2.31. The molecule has 3 aromatic rings. The first-order valence-corrected chi connectivity index (χ1v) is 11.2. The Morgan fingerprint density at radius 3 is 2.58 bits per heavy atom. The molecule has 1 saturated heterocycles. The van der Waals surface area contributed by atoms with Gasteiger partial charge in [0.05, 0.1) is 30.2 Å². The summed E-state index contributed by atoms with van der Waals surface area (Å²) in [5.74, 6) is 1.44. The van der Waals surface area contributed by atoms with E-state index in [1.165, 1.54) is 18.0 Å². The van der Waals surface area contributed by atoms with E-state index >= 15 is 0 Å². The Hall–Kier alpha value is -3.70. The van der Waals surface area contributed by atoms with E-state index in [4.69, 9.17) is 9.84 Å². The minimum Gasteiger partial charge on any atom is -0.490 e. The highest BCUT2D eigenvalue weighted by Gasteiger charge is 2.31. The number of β-amino-alcohol motifs (C(OH)–C–C–N with tert-alkyl or cyclic N) is 1. The molecule has 0 bridgehead atoms. The molecular formula is C23H20N6O3S. The van der Waals surface area contributed by atoms with Crippen LogP contribution in [-0.4, -0.2) is 57.6 Å². The molecule has 4 heterocycles. The molecule has 0 amide bonds. The Morgan fingerprint density at radius 2 is 1.97 bits per heavy atom. The van der Waals surface area contributed by atoms with E-state index in [0.29, 0.717) is 46.7 Å². The molecule has 2 N–H and O–H groups in total. The van der Waals surface area contributed by atoms with Gasteiger partial charge in [-0.25, -0.2) is 4.98 Å². The highest BCUT2D eigenvalue weighted by Crippen LogP contribution is 2.39. The van der Waals surface area contributed by atoms with Gasteiger partial charge in [0.1, 0.15) is 40.9 Å². The number of nitrogens with zero attached hydrogens (tertiary/aromatic N) is 6. The van der Waals surface area contributed by atoms with E-state index in [9.17, 15) is 15.6 Å². The van der Waals surface area contributed by atoms with Gasteiger partial charge in [-0.15, -0.1) is 11.8 Å². The van der Waals surface area contributed by atoms with Crippen LogP contribution < -0.4 is 9.64 Å². The smallest absolute Gasteiger partial charge is 0.148 e. The molecule has 0 aromatic carbocycles. The SMILES string of the molecule is N#Cc1c(SCc2cccnc2)nc(N2CC(O)C2)c(C#N)c1-c1ccc(OCCO)cn1. The first-order chi connectivity index (χ1) is 16.1. The summed E-state index contributed by atoms with van der Waals surface area (Å²) in [6.45, 7) is 0.744. The van der Waals surface area contributed by atoms with Crippen LogP contribution in [0.4, 0.5) is 5.82 Å². The second-order valence-corrected chi connectivity index (χ2v) is 8.21. The molecule has 0 spiro atoms. The number of aromatic nitrogens is 3. The highest BCUT2D eigenvalue weighted by molar-refractivity contribution is 7.98. The first-order valence-electron chi connectivity index (χ1n) is 10.2. The van der Waals surface area contributed by atoms with Crippen LogP contribution in [0, 0.1) is 22.7 Å². The number of ether oxygens (including phenoxy) is 1. The van der Waals surface area contributed by atoms with Crippen molar-refractivity contribution in [1.29, 1.82) is 10.5 Å². The van der Waals surface area contributed by atoms with Crippen LogP contribution in [0.3, 0.4) is 0 Å². The van der Waals surface area contributed by atoms with Gasteiger partial charge in [0.15, 0.2) is 0 Å². The Labute approximate surface area is 194 Å². The number of thioether (sulfide) groups is 1. The van der Waals surface area contributed by atoms with Crippen molar-refractivity contribution in [3.63, 3.8) is 0 Å². The number of anilines is 1. The maximum Gasteiger partial charge on any atom is 0.148 e. The van der Waals surface area contributed by atoms with E-state index < -0.39 is 6.10 Å². The van der Waals surface area contributed by atoms with Crippen LogP contribution in [0.25, 0.3) is 11.3 Å². The Balaban J connectivity index is 1.79. The third kappa shape index (κ3) is 4.89. The quantitative estimate of drug-likeness (QED) is 0.480. The summed E-state index contributed by atoms with van der Waals surface area (Å²) in [5, 5.41) is 39.2. The van der Waals surface area contributed by atoms with Gasteiger partial charge in [0.2, 0.25) is 0 Å². The van der Waals surface area contributed by atoms with Gasteiger partial charge in [0, 0.05) is 36.8 Å². The molecule has 0 aliphatic carbocycles. The maximum atomic E-state index is 10.0. The lowest BCUT2D eigenvalue weighted by atomic mass is 9.99. The standard InChI is InChI=1S/C23H20N6O3S/c24-8-18-21(20-4-3-17(11-27-20)32-7-6-30)19(9-25)23(28-22(18)29-12-16(31)13-29)33-14-15-2-1-5-26-10-15/h1-5,10-11,16,30-31H,6-7,12-14H2. The minimum atomic E-state index is -0.481. The topological polar surface area (TPSA) is 139 Å². The molecule has 1 aliphatic heterocycles. The van der Waals surface area contributed by atoms with Crippen LogP contribution in [0.5, 0.6) is 5.75 Å². The Bertz CT molecular complexity index is 1200. The van der Waals surface area contributed by atoms with E-state index in [0.717, 1.165) is 5.56 Å². The summed E-state index contributed by atoms with van der Waals surface area (Å²) in [6.07, 6.45) is 4.46. The molecule has 166 valence electrons. The lowest BCUT2D eigenvalue weighted by molar-refractivity contribution is 0.141. The summed E-state index contributed by atoms with van der Waals surface area (Å²) in [6, 6.07) is 11.5. The summed E-state index contributed by atoms with van der Waals surface area (Å²) < 4.78 is 5.37. The van der Waals surface area contributed by atoms with Crippen LogP contribution in [0.1, 0.15) is 16.7 Å². The third-order valence-electron chi connectivity index (χ3n) is 4.98.